The van der Waals surface area contributed by atoms with Crippen molar-refractivity contribution in [3.63, 3.8) is 0 Å². The smallest absolute Gasteiger partial charge is 0.0466 e. The van der Waals surface area contributed by atoms with Crippen LogP contribution < -0.4 is 0 Å². The predicted octanol–water partition coefficient (Wildman–Crippen LogP) is 2.64. The van der Waals surface area contributed by atoms with E-state index in [-0.39, 0.29) is 0 Å². The van der Waals surface area contributed by atoms with E-state index in [0.717, 1.165) is 44.8 Å². The van der Waals surface area contributed by atoms with E-state index >= 15 is 0 Å². The molecule has 0 bridgehead atoms. The van der Waals surface area contributed by atoms with Crippen molar-refractivity contribution in [2.24, 2.45) is 0 Å². The van der Waals surface area contributed by atoms with E-state index in [4.69, 9.17) is 16.3 Å². The van der Waals surface area contributed by atoms with E-state index in [1.54, 1.807) is 0 Å². The fraction of sp³-hybridized carbons (Fsp3) is 0.875. The average Bonchev–Trinajstić information content (AvgIpc) is 1.97. The summed E-state index contributed by atoms with van der Waals surface area (Å²) in [6.07, 6.45) is 4.18. The SMILES string of the molecule is [CH2]CCCOCCCCCl. The van der Waals surface area contributed by atoms with Crippen LogP contribution in [-0.4, -0.2) is 19.1 Å². The zero-order chi connectivity index (χ0) is 7.66. The molecule has 10 heavy (non-hydrogen) atoms. The number of unbranched alkanes of at least 4 members (excludes halogenated alkanes) is 2. The van der Waals surface area contributed by atoms with Crippen molar-refractivity contribution in [2.45, 2.75) is 25.7 Å². The summed E-state index contributed by atoms with van der Waals surface area (Å²) in [5.74, 6) is 0.749. The standard InChI is InChI=1S/C8H16ClO/c1-2-3-7-10-8-5-4-6-9/h1-8H2. The third kappa shape index (κ3) is 8.25. The third-order valence-corrected chi connectivity index (χ3v) is 1.48. The number of alkyl halides is 1. The van der Waals surface area contributed by atoms with Gasteiger partial charge in [-0.25, -0.2) is 0 Å². The lowest BCUT2D eigenvalue weighted by Gasteiger charge is -2.00. The average molecular weight is 164 g/mol. The lowest BCUT2D eigenvalue weighted by Crippen LogP contribution is -1.96. The van der Waals surface area contributed by atoms with Crippen LogP contribution in [0.4, 0.5) is 0 Å². The molecule has 0 fully saturated rings. The summed E-state index contributed by atoms with van der Waals surface area (Å²) in [5, 5.41) is 0. The largest absolute Gasteiger partial charge is 0.381 e. The molecule has 0 heterocycles. The van der Waals surface area contributed by atoms with Crippen LogP contribution in [-0.2, 0) is 4.74 Å². The molecule has 0 aromatic rings. The molecule has 0 aliphatic rings. The molecule has 0 saturated carbocycles. The minimum Gasteiger partial charge on any atom is -0.381 e. The summed E-state index contributed by atoms with van der Waals surface area (Å²) in [6.45, 7) is 5.43. The first-order chi connectivity index (χ1) is 4.91. The van der Waals surface area contributed by atoms with Crippen molar-refractivity contribution in [1.29, 1.82) is 0 Å². The monoisotopic (exact) mass is 163 g/mol. The Labute approximate surface area is 68.7 Å². The van der Waals surface area contributed by atoms with Gasteiger partial charge in [0, 0.05) is 19.1 Å². The van der Waals surface area contributed by atoms with E-state index in [2.05, 4.69) is 6.92 Å². The van der Waals surface area contributed by atoms with E-state index in [9.17, 15) is 0 Å². The van der Waals surface area contributed by atoms with Crippen LogP contribution in [0.1, 0.15) is 25.7 Å². The predicted molar refractivity (Wildman–Crippen MR) is 45.4 cm³/mol. The molecule has 61 valence electrons. The van der Waals surface area contributed by atoms with Gasteiger partial charge in [-0.1, -0.05) is 13.3 Å². The highest BCUT2D eigenvalue weighted by molar-refractivity contribution is 6.17. The van der Waals surface area contributed by atoms with Crippen molar-refractivity contribution in [1.82, 2.24) is 0 Å². The van der Waals surface area contributed by atoms with Gasteiger partial charge in [-0.05, 0) is 19.3 Å². The molecule has 0 atom stereocenters. The first-order valence-corrected chi connectivity index (χ1v) is 4.38. The third-order valence-electron chi connectivity index (χ3n) is 1.21. The Morgan fingerprint density at radius 1 is 1.10 bits per heavy atom. The van der Waals surface area contributed by atoms with Crippen LogP contribution in [0.3, 0.4) is 0 Å². The van der Waals surface area contributed by atoms with Crippen LogP contribution in [0.2, 0.25) is 0 Å². The van der Waals surface area contributed by atoms with Crippen LogP contribution in [0.5, 0.6) is 0 Å². The molecule has 0 N–H and O–H groups in total. The van der Waals surface area contributed by atoms with Crippen LogP contribution in [0.25, 0.3) is 0 Å². The minimum absolute atomic E-state index is 0.749. The zero-order valence-electron chi connectivity index (χ0n) is 6.44. The number of halogens is 1. The van der Waals surface area contributed by atoms with Crippen molar-refractivity contribution in [2.75, 3.05) is 19.1 Å². The molecule has 2 heteroatoms. The molecular formula is C8H16ClO. The van der Waals surface area contributed by atoms with E-state index in [0.29, 0.717) is 0 Å². The van der Waals surface area contributed by atoms with Crippen LogP contribution in [0.15, 0.2) is 0 Å². The summed E-state index contributed by atoms with van der Waals surface area (Å²) in [6, 6.07) is 0. The Kier molecular flexibility index (Phi) is 9.48. The molecule has 1 radical (unpaired) electrons. The highest BCUT2D eigenvalue weighted by Crippen LogP contribution is 1.94. The quantitative estimate of drug-likeness (QED) is 0.414. The van der Waals surface area contributed by atoms with E-state index in [1.807, 2.05) is 0 Å². The van der Waals surface area contributed by atoms with Gasteiger partial charge in [0.2, 0.25) is 0 Å². The summed E-state index contributed by atoms with van der Waals surface area (Å²) in [4.78, 5) is 0. The van der Waals surface area contributed by atoms with Crippen molar-refractivity contribution in [3.8, 4) is 0 Å². The molecule has 0 aromatic carbocycles. The molecule has 0 rings (SSSR count). The Morgan fingerprint density at radius 3 is 2.40 bits per heavy atom. The molecule has 0 aliphatic carbocycles. The second-order valence-electron chi connectivity index (χ2n) is 2.22. The maximum atomic E-state index is 5.48. The van der Waals surface area contributed by atoms with Gasteiger partial charge in [0.15, 0.2) is 0 Å². The van der Waals surface area contributed by atoms with Gasteiger partial charge in [0.05, 0.1) is 0 Å². The molecule has 0 aliphatic heterocycles. The van der Waals surface area contributed by atoms with Gasteiger partial charge in [-0.15, -0.1) is 11.6 Å². The zero-order valence-corrected chi connectivity index (χ0v) is 7.20. The topological polar surface area (TPSA) is 9.23 Å². The highest BCUT2D eigenvalue weighted by atomic mass is 35.5. The summed E-state index contributed by atoms with van der Waals surface area (Å²) in [5.41, 5.74) is 0. The molecule has 0 amide bonds. The molecule has 0 unspecified atom stereocenters. The summed E-state index contributed by atoms with van der Waals surface area (Å²) < 4.78 is 5.28. The van der Waals surface area contributed by atoms with Crippen LogP contribution in [0, 0.1) is 6.92 Å². The second-order valence-corrected chi connectivity index (χ2v) is 2.59. The van der Waals surface area contributed by atoms with Gasteiger partial charge < -0.3 is 4.74 Å². The highest BCUT2D eigenvalue weighted by Gasteiger charge is 1.87. The molecule has 1 nitrogen and oxygen atoms in total. The Balaban J connectivity index is 2.65. The number of rotatable bonds is 7. The fourth-order valence-corrected chi connectivity index (χ4v) is 0.794. The first kappa shape index (κ1) is 10.2. The fourth-order valence-electron chi connectivity index (χ4n) is 0.605. The lowest BCUT2D eigenvalue weighted by molar-refractivity contribution is 0.129. The maximum Gasteiger partial charge on any atom is 0.0466 e. The Hall–Kier alpha value is 0.250. The van der Waals surface area contributed by atoms with E-state index in [1.165, 1.54) is 0 Å². The number of hydrogen-bond acceptors (Lipinski definition) is 1. The molecular weight excluding hydrogens is 148 g/mol. The Morgan fingerprint density at radius 2 is 1.80 bits per heavy atom. The van der Waals surface area contributed by atoms with Gasteiger partial charge in [0.1, 0.15) is 0 Å². The summed E-state index contributed by atoms with van der Waals surface area (Å²) in [7, 11) is 0. The van der Waals surface area contributed by atoms with E-state index < -0.39 is 0 Å². The van der Waals surface area contributed by atoms with Crippen molar-refractivity contribution >= 4 is 11.6 Å². The maximum absolute atomic E-state index is 5.48. The van der Waals surface area contributed by atoms with Gasteiger partial charge in [-0.3, -0.25) is 0 Å². The first-order valence-electron chi connectivity index (χ1n) is 3.84. The van der Waals surface area contributed by atoms with Gasteiger partial charge in [-0.2, -0.15) is 0 Å². The Bertz CT molecular complexity index is 49.2. The summed E-state index contributed by atoms with van der Waals surface area (Å²) >= 11 is 5.48. The number of hydrogen-bond donors (Lipinski definition) is 0. The normalized spacial score (nSPS) is 10.2. The molecule has 0 aromatic heterocycles. The van der Waals surface area contributed by atoms with Crippen LogP contribution >= 0.6 is 11.6 Å². The lowest BCUT2D eigenvalue weighted by atomic mass is 10.3. The molecule has 0 saturated heterocycles. The van der Waals surface area contributed by atoms with Crippen molar-refractivity contribution in [3.05, 3.63) is 6.92 Å². The number of ether oxygens (including phenoxy) is 1. The van der Waals surface area contributed by atoms with Gasteiger partial charge in [0.25, 0.3) is 0 Å². The molecule has 0 spiro atoms. The van der Waals surface area contributed by atoms with Crippen molar-refractivity contribution < 1.29 is 4.74 Å². The second kappa shape index (κ2) is 9.25. The minimum atomic E-state index is 0.749. The van der Waals surface area contributed by atoms with Gasteiger partial charge >= 0.3 is 0 Å².